The fourth-order valence-electron chi connectivity index (χ4n) is 4.79. The molecule has 5 aromatic rings. The van der Waals surface area contributed by atoms with Crippen LogP contribution in [0.1, 0.15) is 31.7 Å². The van der Waals surface area contributed by atoms with Gasteiger partial charge in [0.15, 0.2) is 0 Å². The van der Waals surface area contributed by atoms with Crippen LogP contribution in [-0.2, 0) is 6.54 Å². The summed E-state index contributed by atoms with van der Waals surface area (Å²) in [6, 6.07) is 8.38. The molecule has 0 amide bonds. The minimum Gasteiger partial charge on any atom is -0.370 e. The zero-order valence-corrected chi connectivity index (χ0v) is 19.3. The molecule has 8 nitrogen and oxygen atoms in total. The first-order chi connectivity index (χ1) is 16.8. The number of aromatic amines is 2. The Morgan fingerprint density at radius 3 is 2.74 bits per heavy atom. The van der Waals surface area contributed by atoms with Crippen molar-refractivity contribution >= 4 is 27.6 Å². The molecule has 0 unspecified atom stereocenters. The van der Waals surface area contributed by atoms with Gasteiger partial charge in [0.1, 0.15) is 11.2 Å². The van der Waals surface area contributed by atoms with Crippen LogP contribution in [0.2, 0.25) is 0 Å². The first-order valence-electron chi connectivity index (χ1n) is 12.0. The number of rotatable bonds is 6. The number of nitrogens with one attached hydrogen (secondary N) is 3. The van der Waals surface area contributed by atoms with E-state index in [2.05, 4.69) is 54.4 Å². The molecule has 0 saturated carbocycles. The van der Waals surface area contributed by atoms with Crippen LogP contribution in [0.15, 0.2) is 49.1 Å². The number of H-pyrrole nitrogens is 2. The van der Waals surface area contributed by atoms with Crippen LogP contribution in [-0.4, -0.2) is 49.8 Å². The topological polar surface area (TPSA) is 98.4 Å². The summed E-state index contributed by atoms with van der Waals surface area (Å²) in [5.41, 5.74) is 8.73. The molecule has 6 rings (SSSR count). The van der Waals surface area contributed by atoms with E-state index in [1.807, 2.05) is 36.9 Å². The molecule has 5 aromatic heterocycles. The highest BCUT2D eigenvalue weighted by molar-refractivity contribution is 5.98. The van der Waals surface area contributed by atoms with Gasteiger partial charge in [-0.2, -0.15) is 5.10 Å². The molecule has 1 fully saturated rings. The number of fused-ring (bicyclic) bond motifs is 2. The minimum absolute atomic E-state index is 0.791. The lowest BCUT2D eigenvalue weighted by Crippen LogP contribution is -2.29. The SMILES string of the molecule is CCNCc1cncc(-c2ccc3[nH]nc(-c4cc5c(N6CCCCC6)cncc5[nH]4)c3n2)c1. The van der Waals surface area contributed by atoms with Crippen LogP contribution in [0, 0.1) is 0 Å². The fourth-order valence-corrected chi connectivity index (χ4v) is 4.79. The van der Waals surface area contributed by atoms with Crippen molar-refractivity contribution in [3.63, 3.8) is 0 Å². The third-order valence-electron chi connectivity index (χ3n) is 6.55. The smallest absolute Gasteiger partial charge is 0.135 e. The van der Waals surface area contributed by atoms with Gasteiger partial charge >= 0.3 is 0 Å². The first kappa shape index (κ1) is 20.8. The van der Waals surface area contributed by atoms with Gasteiger partial charge in [0.05, 0.1) is 40.5 Å². The average molecular weight is 453 g/mol. The highest BCUT2D eigenvalue weighted by Gasteiger charge is 2.18. The van der Waals surface area contributed by atoms with Gasteiger partial charge in [0, 0.05) is 43.0 Å². The summed E-state index contributed by atoms with van der Waals surface area (Å²) in [7, 11) is 0. The number of hydrogen-bond acceptors (Lipinski definition) is 6. The quantitative estimate of drug-likeness (QED) is 0.347. The zero-order valence-electron chi connectivity index (χ0n) is 19.3. The van der Waals surface area contributed by atoms with Gasteiger partial charge < -0.3 is 15.2 Å². The summed E-state index contributed by atoms with van der Waals surface area (Å²) < 4.78 is 0. The summed E-state index contributed by atoms with van der Waals surface area (Å²) in [6.07, 6.45) is 11.4. The predicted molar refractivity (Wildman–Crippen MR) is 136 cm³/mol. The molecule has 0 spiro atoms. The largest absolute Gasteiger partial charge is 0.370 e. The van der Waals surface area contributed by atoms with E-state index < -0.39 is 0 Å². The first-order valence-corrected chi connectivity index (χ1v) is 12.0. The van der Waals surface area contributed by atoms with Gasteiger partial charge in [0.2, 0.25) is 0 Å². The number of aromatic nitrogens is 6. The van der Waals surface area contributed by atoms with E-state index in [1.54, 1.807) is 0 Å². The summed E-state index contributed by atoms with van der Waals surface area (Å²) in [6.45, 7) is 5.98. The van der Waals surface area contributed by atoms with E-state index in [0.717, 1.165) is 70.9 Å². The standard InChI is InChI=1S/C26H28N8/c1-2-27-12-17-10-18(14-28-13-17)20-6-7-21-25(31-20)26(33-32-21)22-11-19-23(30-22)15-29-16-24(19)34-8-4-3-5-9-34/h6-7,10-11,13-16,27,30H,2-5,8-9,12H2,1H3,(H,32,33). The number of piperidine rings is 1. The third kappa shape index (κ3) is 3.80. The van der Waals surface area contributed by atoms with Crippen molar-refractivity contribution in [3.05, 3.63) is 54.6 Å². The van der Waals surface area contributed by atoms with E-state index in [-0.39, 0.29) is 0 Å². The molecule has 8 heteroatoms. The maximum atomic E-state index is 4.99. The molecule has 6 heterocycles. The molecule has 0 bridgehead atoms. The lowest BCUT2D eigenvalue weighted by molar-refractivity contribution is 0.578. The molecule has 0 radical (unpaired) electrons. The van der Waals surface area contributed by atoms with Gasteiger partial charge in [-0.3, -0.25) is 15.1 Å². The van der Waals surface area contributed by atoms with E-state index in [9.17, 15) is 0 Å². The highest BCUT2D eigenvalue weighted by atomic mass is 15.1. The second kappa shape index (κ2) is 8.87. The Morgan fingerprint density at radius 2 is 1.85 bits per heavy atom. The van der Waals surface area contributed by atoms with Crippen LogP contribution in [0.25, 0.3) is 44.6 Å². The lowest BCUT2D eigenvalue weighted by atomic mass is 10.1. The van der Waals surface area contributed by atoms with Crippen LogP contribution >= 0.6 is 0 Å². The molecule has 1 aliphatic rings. The van der Waals surface area contributed by atoms with Gasteiger partial charge in [-0.1, -0.05) is 6.92 Å². The Hall–Kier alpha value is -3.78. The second-order valence-corrected chi connectivity index (χ2v) is 8.88. The molecule has 172 valence electrons. The third-order valence-corrected chi connectivity index (χ3v) is 6.55. The van der Waals surface area contributed by atoms with Crippen molar-refractivity contribution in [1.29, 1.82) is 0 Å². The van der Waals surface area contributed by atoms with Gasteiger partial charge in [-0.15, -0.1) is 0 Å². The average Bonchev–Trinajstić information content (AvgIpc) is 3.51. The van der Waals surface area contributed by atoms with E-state index in [1.165, 1.54) is 30.3 Å². The summed E-state index contributed by atoms with van der Waals surface area (Å²) in [5.74, 6) is 0. The van der Waals surface area contributed by atoms with Crippen molar-refractivity contribution in [2.75, 3.05) is 24.5 Å². The Labute approximate surface area is 197 Å². The Balaban J connectivity index is 1.40. The maximum absolute atomic E-state index is 4.99. The monoisotopic (exact) mass is 452 g/mol. The van der Waals surface area contributed by atoms with Crippen molar-refractivity contribution in [1.82, 2.24) is 35.5 Å². The van der Waals surface area contributed by atoms with E-state index >= 15 is 0 Å². The van der Waals surface area contributed by atoms with Crippen LogP contribution in [0.3, 0.4) is 0 Å². The molecular weight excluding hydrogens is 424 g/mol. The van der Waals surface area contributed by atoms with Crippen LogP contribution in [0.5, 0.6) is 0 Å². The van der Waals surface area contributed by atoms with Crippen LogP contribution < -0.4 is 10.2 Å². The second-order valence-electron chi connectivity index (χ2n) is 8.88. The van der Waals surface area contributed by atoms with Crippen molar-refractivity contribution < 1.29 is 0 Å². The molecule has 1 saturated heterocycles. The minimum atomic E-state index is 0.791. The number of pyridine rings is 3. The van der Waals surface area contributed by atoms with Gasteiger partial charge in [-0.05, 0) is 55.6 Å². The highest BCUT2D eigenvalue weighted by Crippen LogP contribution is 2.34. The van der Waals surface area contributed by atoms with Crippen molar-refractivity contribution in [2.24, 2.45) is 0 Å². The van der Waals surface area contributed by atoms with Crippen LogP contribution in [0.4, 0.5) is 5.69 Å². The van der Waals surface area contributed by atoms with Gasteiger partial charge in [0.25, 0.3) is 0 Å². The molecular formula is C26H28N8. The Bertz CT molecular complexity index is 1440. The van der Waals surface area contributed by atoms with Crippen molar-refractivity contribution in [2.45, 2.75) is 32.7 Å². The number of nitrogens with zero attached hydrogens (tertiary/aromatic N) is 5. The molecule has 0 aromatic carbocycles. The molecule has 3 N–H and O–H groups in total. The lowest BCUT2D eigenvalue weighted by Gasteiger charge is -2.28. The zero-order chi connectivity index (χ0) is 22.9. The number of hydrogen-bond donors (Lipinski definition) is 3. The van der Waals surface area contributed by atoms with E-state index in [4.69, 9.17) is 4.98 Å². The predicted octanol–water partition coefficient (Wildman–Crippen LogP) is 4.66. The van der Waals surface area contributed by atoms with E-state index in [0.29, 0.717) is 0 Å². The van der Waals surface area contributed by atoms with Gasteiger partial charge in [-0.25, -0.2) is 4.98 Å². The Kier molecular flexibility index (Phi) is 5.43. The fraction of sp³-hybridized carbons (Fsp3) is 0.308. The molecule has 34 heavy (non-hydrogen) atoms. The maximum Gasteiger partial charge on any atom is 0.135 e. The summed E-state index contributed by atoms with van der Waals surface area (Å²) in [5, 5.41) is 12.3. The molecule has 1 aliphatic heterocycles. The summed E-state index contributed by atoms with van der Waals surface area (Å²) >= 11 is 0. The number of anilines is 1. The molecule has 0 atom stereocenters. The summed E-state index contributed by atoms with van der Waals surface area (Å²) in [4.78, 5) is 19.9. The van der Waals surface area contributed by atoms with Crippen molar-refractivity contribution in [3.8, 4) is 22.6 Å². The Morgan fingerprint density at radius 1 is 0.971 bits per heavy atom. The normalized spacial score (nSPS) is 14.3. The molecule has 0 aliphatic carbocycles.